The number of phenols is 1. The zero-order chi connectivity index (χ0) is 44.7. The van der Waals surface area contributed by atoms with E-state index in [0.29, 0.717) is 11.4 Å². The lowest BCUT2D eigenvalue weighted by Crippen LogP contribution is -2.17. The molecule has 0 bridgehead atoms. The minimum absolute atomic E-state index is 0.150. The number of imidazole rings is 1. The van der Waals surface area contributed by atoms with Gasteiger partial charge in [0.25, 0.3) is 0 Å². The number of fused-ring (bicyclic) bond motifs is 7. The number of para-hydroxylation sites is 1. The summed E-state index contributed by atoms with van der Waals surface area (Å²) in [5, 5.41) is 18.2. The van der Waals surface area contributed by atoms with Crippen LogP contribution in [0.5, 0.6) is 5.75 Å². The number of aromatic hydroxyl groups is 1. The molecule has 0 spiro atoms. The number of pyridine rings is 2. The summed E-state index contributed by atoms with van der Waals surface area (Å²) in [6, 6.07) is 51.7. The van der Waals surface area contributed by atoms with Crippen LogP contribution in [0.1, 0.15) is 79.0 Å². The summed E-state index contributed by atoms with van der Waals surface area (Å²) in [5.74, 6) is 0.916. The molecule has 3 heterocycles. The fourth-order valence-electron chi connectivity index (χ4n) is 9.30. The number of nitrogens with zero attached hydrogens (tertiary/aromatic N) is 4. The normalized spacial score (nSPS) is 12.5. The first-order valence-electron chi connectivity index (χ1n) is 22.3. The predicted molar refractivity (Wildman–Crippen MR) is 269 cm³/mol. The largest absolute Gasteiger partial charge is 0.507 e. The number of aromatic nitrogens is 4. The minimum Gasteiger partial charge on any atom is -0.507 e. The van der Waals surface area contributed by atoms with Crippen LogP contribution in [0.4, 0.5) is 0 Å². The highest BCUT2D eigenvalue weighted by molar-refractivity contribution is 6.26. The molecule has 0 aliphatic heterocycles. The molecule has 316 valence electrons. The molecule has 3 aromatic heterocycles. The van der Waals surface area contributed by atoms with Gasteiger partial charge in [0.2, 0.25) is 0 Å². The summed E-state index contributed by atoms with van der Waals surface area (Å²) in [6.07, 6.45) is 3.79. The van der Waals surface area contributed by atoms with Crippen LogP contribution < -0.4 is 0 Å². The van der Waals surface area contributed by atoms with E-state index in [2.05, 4.69) is 200 Å². The van der Waals surface area contributed by atoms with Crippen molar-refractivity contribution >= 4 is 43.5 Å². The van der Waals surface area contributed by atoms with Crippen LogP contribution in [0.2, 0.25) is 0 Å². The van der Waals surface area contributed by atoms with E-state index in [1.807, 2.05) is 24.5 Å². The van der Waals surface area contributed by atoms with Crippen molar-refractivity contribution in [2.24, 2.45) is 0 Å². The van der Waals surface area contributed by atoms with Crippen LogP contribution in [0.25, 0.3) is 94.1 Å². The Morgan fingerprint density at radius 2 is 1.11 bits per heavy atom. The van der Waals surface area contributed by atoms with Crippen molar-refractivity contribution in [2.75, 3.05) is 0 Å². The topological polar surface area (TPSA) is 63.8 Å². The van der Waals surface area contributed by atoms with E-state index in [0.717, 1.165) is 93.8 Å². The lowest BCUT2D eigenvalue weighted by atomic mass is 9.79. The molecule has 10 rings (SSSR count). The highest BCUT2D eigenvalue weighted by Crippen LogP contribution is 2.47. The number of hydrogen-bond acceptors (Lipinski definition) is 4. The fraction of sp³-hybridized carbons (Fsp3) is 0.203. The van der Waals surface area contributed by atoms with E-state index < -0.39 is 0 Å². The molecule has 0 atom stereocenters. The van der Waals surface area contributed by atoms with Gasteiger partial charge in [0.15, 0.2) is 0 Å². The molecule has 0 aliphatic carbocycles. The predicted octanol–water partition coefficient (Wildman–Crippen LogP) is 15.5. The molecule has 1 N–H and O–H groups in total. The van der Waals surface area contributed by atoms with Gasteiger partial charge in [-0.25, -0.2) is 4.98 Å². The first-order chi connectivity index (χ1) is 30.6. The fourth-order valence-corrected chi connectivity index (χ4v) is 9.30. The Morgan fingerprint density at radius 3 is 1.84 bits per heavy atom. The van der Waals surface area contributed by atoms with Crippen LogP contribution in [-0.4, -0.2) is 24.6 Å². The highest BCUT2D eigenvalue weighted by Gasteiger charge is 2.30. The quantitative estimate of drug-likeness (QED) is 0.175. The molecule has 10 aromatic rings. The Kier molecular flexibility index (Phi) is 9.60. The summed E-state index contributed by atoms with van der Waals surface area (Å²) >= 11 is 0. The first kappa shape index (κ1) is 40.9. The van der Waals surface area contributed by atoms with Gasteiger partial charge in [-0.15, -0.1) is 0 Å². The molecule has 7 aromatic carbocycles. The van der Waals surface area contributed by atoms with Crippen LogP contribution in [0.3, 0.4) is 0 Å². The van der Waals surface area contributed by atoms with Gasteiger partial charge in [0, 0.05) is 39.9 Å². The van der Waals surface area contributed by atoms with E-state index in [-0.39, 0.29) is 22.0 Å². The lowest BCUT2D eigenvalue weighted by molar-refractivity contribution is 0.446. The Morgan fingerprint density at radius 1 is 0.453 bits per heavy atom. The third-order valence-electron chi connectivity index (χ3n) is 12.8. The van der Waals surface area contributed by atoms with E-state index in [1.54, 1.807) is 0 Å². The Hall–Kier alpha value is -7.11. The van der Waals surface area contributed by atoms with Crippen molar-refractivity contribution in [2.45, 2.75) is 78.6 Å². The smallest absolute Gasteiger partial charge is 0.149 e. The van der Waals surface area contributed by atoms with Gasteiger partial charge >= 0.3 is 0 Å². The maximum Gasteiger partial charge on any atom is 0.149 e. The average Bonchev–Trinajstić information content (AvgIpc) is 3.67. The molecule has 5 nitrogen and oxygen atoms in total. The second kappa shape index (κ2) is 15.0. The molecule has 5 heteroatoms. The van der Waals surface area contributed by atoms with Crippen molar-refractivity contribution in [3.05, 3.63) is 175 Å². The maximum absolute atomic E-state index is 12.6. The molecule has 0 saturated heterocycles. The summed E-state index contributed by atoms with van der Waals surface area (Å²) < 4.78 is 2.28. The molecule has 0 radical (unpaired) electrons. The minimum atomic E-state index is -0.337. The zero-order valence-corrected chi connectivity index (χ0v) is 38.2. The first-order valence-corrected chi connectivity index (χ1v) is 22.3. The van der Waals surface area contributed by atoms with Crippen molar-refractivity contribution in [1.29, 1.82) is 0 Å². The second-order valence-corrected chi connectivity index (χ2v) is 20.4. The maximum atomic E-state index is 12.6. The molecule has 0 aliphatic rings. The molecule has 0 fully saturated rings. The van der Waals surface area contributed by atoms with Gasteiger partial charge in [-0.05, 0) is 109 Å². The van der Waals surface area contributed by atoms with Gasteiger partial charge < -0.3 is 5.11 Å². The van der Waals surface area contributed by atoms with Gasteiger partial charge in [-0.1, -0.05) is 159 Å². The number of rotatable bonds is 5. The van der Waals surface area contributed by atoms with Gasteiger partial charge in [0.05, 0.1) is 33.5 Å². The molecular formula is C59H54N4O. The van der Waals surface area contributed by atoms with Crippen molar-refractivity contribution in [3.63, 3.8) is 0 Å². The number of hydrogen-bond donors (Lipinski definition) is 1. The van der Waals surface area contributed by atoms with Gasteiger partial charge in [-0.2, -0.15) is 0 Å². The average molecular weight is 835 g/mol. The second-order valence-electron chi connectivity index (χ2n) is 20.4. The number of benzene rings is 7. The van der Waals surface area contributed by atoms with E-state index in [4.69, 9.17) is 15.0 Å². The Labute approximate surface area is 376 Å². The monoisotopic (exact) mass is 834 g/mol. The molecule has 0 saturated carbocycles. The van der Waals surface area contributed by atoms with Crippen molar-refractivity contribution < 1.29 is 5.11 Å². The van der Waals surface area contributed by atoms with E-state index >= 15 is 0 Å². The third kappa shape index (κ3) is 7.00. The van der Waals surface area contributed by atoms with Crippen LogP contribution in [0.15, 0.2) is 158 Å². The van der Waals surface area contributed by atoms with E-state index in [1.165, 1.54) is 5.56 Å². The van der Waals surface area contributed by atoms with E-state index in [9.17, 15) is 5.11 Å². The van der Waals surface area contributed by atoms with Crippen molar-refractivity contribution in [1.82, 2.24) is 19.5 Å². The lowest BCUT2D eigenvalue weighted by Gasteiger charge is -2.27. The van der Waals surface area contributed by atoms with Gasteiger partial charge in [0.1, 0.15) is 11.6 Å². The standard InChI is InChI=1S/C59H54N4O/c1-57(2,3)40-31-38(30-39(32-40)49-33-37(27-29-60-49)36-18-11-10-12-19-36)42-22-15-26-51-53(42)62-56(47-34-41(58(4,5)6)35-48(55(47)64)59(7,8)9)63(51)50-25-16-23-45-43-20-13-14-21-44(43)46-24-17-28-61-54(46)52(45)50/h10-35,64H,1-9H3. The SMILES string of the molecule is CC(C)(C)c1cc(-c2cc(-c3ccccc3)ccn2)cc(-c2cccc3c2nc(-c2cc(C(C)(C)C)cc(C(C)(C)C)c2O)n3-c2cccc3c4ccccc4c4cccnc4c23)c1. The zero-order valence-electron chi connectivity index (χ0n) is 38.2. The summed E-state index contributed by atoms with van der Waals surface area (Å²) in [7, 11) is 0. The third-order valence-corrected chi connectivity index (χ3v) is 12.8. The van der Waals surface area contributed by atoms with Crippen LogP contribution >= 0.6 is 0 Å². The Balaban J connectivity index is 1.32. The van der Waals surface area contributed by atoms with Gasteiger partial charge in [-0.3, -0.25) is 14.5 Å². The summed E-state index contributed by atoms with van der Waals surface area (Å²) in [5.41, 5.74) is 13.2. The molecular weight excluding hydrogens is 781 g/mol. The molecule has 0 unspecified atom stereocenters. The molecule has 64 heavy (non-hydrogen) atoms. The highest BCUT2D eigenvalue weighted by atomic mass is 16.3. The Bertz CT molecular complexity index is 3400. The molecule has 0 amide bonds. The van der Waals surface area contributed by atoms with Crippen LogP contribution in [0, 0.1) is 0 Å². The van der Waals surface area contributed by atoms with Crippen LogP contribution in [-0.2, 0) is 16.2 Å². The summed E-state index contributed by atoms with van der Waals surface area (Å²) in [4.78, 5) is 15.7. The number of phenolic OH excluding ortho intramolecular Hbond substituents is 1. The van der Waals surface area contributed by atoms with Crippen molar-refractivity contribution in [3.8, 4) is 56.3 Å². The summed E-state index contributed by atoms with van der Waals surface area (Å²) in [6.45, 7) is 20.0.